The van der Waals surface area contributed by atoms with E-state index in [4.69, 9.17) is 4.74 Å². The predicted octanol–water partition coefficient (Wildman–Crippen LogP) is 2.61. The fourth-order valence-electron chi connectivity index (χ4n) is 1.02. The van der Waals surface area contributed by atoms with Crippen LogP contribution in [-0.4, -0.2) is 5.97 Å². The van der Waals surface area contributed by atoms with Gasteiger partial charge in [0.15, 0.2) is 0 Å². The second-order valence-corrected chi connectivity index (χ2v) is 3.09. The first-order chi connectivity index (χ1) is 6.72. The Morgan fingerprint density at radius 1 is 1.36 bits per heavy atom. The van der Waals surface area contributed by atoms with E-state index in [-0.39, 0.29) is 5.97 Å². The Morgan fingerprint density at radius 2 is 2.00 bits per heavy atom. The van der Waals surface area contributed by atoms with Crippen LogP contribution in [0.15, 0.2) is 36.4 Å². The summed E-state index contributed by atoms with van der Waals surface area (Å²) in [5.74, 6) is -0.298. The summed E-state index contributed by atoms with van der Waals surface area (Å²) in [5.41, 5.74) is 2.21. The van der Waals surface area contributed by atoms with Crippen LogP contribution in [0.25, 0.3) is 0 Å². The van der Waals surface area contributed by atoms with Gasteiger partial charge in [-0.15, -0.1) is 0 Å². The molecule has 0 unspecified atom stereocenters. The van der Waals surface area contributed by atoms with E-state index in [1.807, 2.05) is 31.2 Å². The molecule has 74 valence electrons. The molecule has 0 radical (unpaired) electrons. The summed E-state index contributed by atoms with van der Waals surface area (Å²) in [6.45, 7) is 4.15. The standard InChI is InChI=1S/C12H14O2/c1-3-4-12(13)14-9-11-7-5-10(2)6-8-11/h3-8H,9H2,1-2H3/b4-3+. The number of allylic oxidation sites excluding steroid dienone is 1. The smallest absolute Gasteiger partial charge is 0.330 e. The molecule has 0 aliphatic heterocycles. The summed E-state index contributed by atoms with van der Waals surface area (Å²) in [5, 5.41) is 0. The van der Waals surface area contributed by atoms with Crippen molar-refractivity contribution in [2.24, 2.45) is 0 Å². The van der Waals surface area contributed by atoms with Gasteiger partial charge in [0.2, 0.25) is 0 Å². The summed E-state index contributed by atoms with van der Waals surface area (Å²) in [6.07, 6.45) is 3.08. The zero-order valence-electron chi connectivity index (χ0n) is 8.49. The number of carbonyl (C=O) groups is 1. The van der Waals surface area contributed by atoms with Gasteiger partial charge in [-0.05, 0) is 19.4 Å². The van der Waals surface area contributed by atoms with Gasteiger partial charge in [-0.2, -0.15) is 0 Å². The van der Waals surface area contributed by atoms with Gasteiger partial charge in [0.05, 0.1) is 0 Å². The van der Waals surface area contributed by atoms with Crippen molar-refractivity contribution in [3.05, 3.63) is 47.5 Å². The fraction of sp³-hybridized carbons (Fsp3) is 0.250. The molecule has 0 saturated heterocycles. The Labute approximate surface area is 84.2 Å². The Balaban J connectivity index is 2.46. The molecule has 0 fully saturated rings. The summed E-state index contributed by atoms with van der Waals surface area (Å²) >= 11 is 0. The van der Waals surface area contributed by atoms with E-state index >= 15 is 0 Å². The molecule has 0 heterocycles. The Morgan fingerprint density at radius 3 is 2.57 bits per heavy atom. The third-order valence-electron chi connectivity index (χ3n) is 1.80. The molecule has 0 bridgehead atoms. The van der Waals surface area contributed by atoms with Gasteiger partial charge in [0.25, 0.3) is 0 Å². The zero-order valence-corrected chi connectivity index (χ0v) is 8.49. The quantitative estimate of drug-likeness (QED) is 0.541. The molecule has 1 aromatic carbocycles. The highest BCUT2D eigenvalue weighted by molar-refractivity contribution is 5.81. The lowest BCUT2D eigenvalue weighted by Crippen LogP contribution is -2.00. The number of esters is 1. The monoisotopic (exact) mass is 190 g/mol. The van der Waals surface area contributed by atoms with Gasteiger partial charge in [0.1, 0.15) is 6.61 Å². The van der Waals surface area contributed by atoms with E-state index in [9.17, 15) is 4.79 Å². The van der Waals surface area contributed by atoms with Crippen LogP contribution in [0, 0.1) is 6.92 Å². The van der Waals surface area contributed by atoms with Crippen LogP contribution in [-0.2, 0) is 16.1 Å². The first-order valence-corrected chi connectivity index (χ1v) is 4.57. The van der Waals surface area contributed by atoms with Crippen LogP contribution >= 0.6 is 0 Å². The first kappa shape index (κ1) is 10.5. The number of rotatable bonds is 3. The van der Waals surface area contributed by atoms with Crippen molar-refractivity contribution in [2.75, 3.05) is 0 Å². The third-order valence-corrected chi connectivity index (χ3v) is 1.80. The van der Waals surface area contributed by atoms with Crippen molar-refractivity contribution in [3.63, 3.8) is 0 Å². The predicted molar refractivity (Wildman–Crippen MR) is 55.8 cm³/mol. The molecule has 2 heteroatoms. The van der Waals surface area contributed by atoms with Gasteiger partial charge < -0.3 is 4.74 Å². The van der Waals surface area contributed by atoms with Gasteiger partial charge in [-0.3, -0.25) is 0 Å². The number of carbonyl (C=O) groups excluding carboxylic acids is 1. The van der Waals surface area contributed by atoms with Crippen LogP contribution in [0.3, 0.4) is 0 Å². The molecule has 0 aliphatic rings. The van der Waals surface area contributed by atoms with Crippen LogP contribution in [0.5, 0.6) is 0 Å². The maximum atomic E-state index is 11.0. The SMILES string of the molecule is C/C=C/C(=O)OCc1ccc(C)cc1. The van der Waals surface area contributed by atoms with Crippen LogP contribution in [0.2, 0.25) is 0 Å². The maximum Gasteiger partial charge on any atom is 0.330 e. The minimum absolute atomic E-state index is 0.298. The molecule has 0 saturated carbocycles. The summed E-state index contributed by atoms with van der Waals surface area (Å²) < 4.78 is 4.98. The van der Waals surface area contributed by atoms with Gasteiger partial charge in [-0.25, -0.2) is 4.79 Å². The molecule has 0 spiro atoms. The fourth-order valence-corrected chi connectivity index (χ4v) is 1.02. The zero-order chi connectivity index (χ0) is 10.4. The van der Waals surface area contributed by atoms with E-state index in [1.165, 1.54) is 11.6 Å². The van der Waals surface area contributed by atoms with Crippen LogP contribution in [0.1, 0.15) is 18.1 Å². The molecule has 0 aliphatic carbocycles. The number of benzene rings is 1. The lowest BCUT2D eigenvalue weighted by atomic mass is 10.2. The highest BCUT2D eigenvalue weighted by Crippen LogP contribution is 2.04. The van der Waals surface area contributed by atoms with Gasteiger partial charge >= 0.3 is 5.97 Å². The molecule has 2 nitrogen and oxygen atoms in total. The average Bonchev–Trinajstić information content (AvgIpc) is 2.17. The molecule has 1 rings (SSSR count). The molecular weight excluding hydrogens is 176 g/mol. The van der Waals surface area contributed by atoms with Crippen molar-refractivity contribution in [2.45, 2.75) is 20.5 Å². The highest BCUT2D eigenvalue weighted by Gasteiger charge is 1.97. The molecule has 0 N–H and O–H groups in total. The lowest BCUT2D eigenvalue weighted by molar-refractivity contribution is -0.139. The third kappa shape index (κ3) is 3.44. The second-order valence-electron chi connectivity index (χ2n) is 3.09. The topological polar surface area (TPSA) is 26.3 Å². The van der Waals surface area contributed by atoms with E-state index in [2.05, 4.69) is 0 Å². The summed E-state index contributed by atoms with van der Waals surface area (Å²) in [7, 11) is 0. The number of hydrogen-bond donors (Lipinski definition) is 0. The molecule has 0 amide bonds. The average molecular weight is 190 g/mol. The number of aryl methyl sites for hydroxylation is 1. The molecular formula is C12H14O2. The lowest BCUT2D eigenvalue weighted by Gasteiger charge is -2.02. The Bertz CT molecular complexity index is 323. The number of ether oxygens (including phenoxy) is 1. The molecule has 0 atom stereocenters. The van der Waals surface area contributed by atoms with Crippen molar-refractivity contribution in [1.82, 2.24) is 0 Å². The van der Waals surface area contributed by atoms with E-state index in [0.29, 0.717) is 6.61 Å². The van der Waals surface area contributed by atoms with E-state index < -0.39 is 0 Å². The largest absolute Gasteiger partial charge is 0.458 e. The Hall–Kier alpha value is -1.57. The van der Waals surface area contributed by atoms with Gasteiger partial charge in [0, 0.05) is 6.08 Å². The highest BCUT2D eigenvalue weighted by atomic mass is 16.5. The molecule has 0 aromatic heterocycles. The van der Waals surface area contributed by atoms with E-state index in [1.54, 1.807) is 13.0 Å². The normalized spacial score (nSPS) is 10.4. The number of hydrogen-bond acceptors (Lipinski definition) is 2. The van der Waals surface area contributed by atoms with Crippen molar-refractivity contribution < 1.29 is 9.53 Å². The minimum Gasteiger partial charge on any atom is -0.458 e. The molecule has 1 aromatic rings. The molecule has 14 heavy (non-hydrogen) atoms. The Kier molecular flexibility index (Phi) is 3.92. The second kappa shape index (κ2) is 5.22. The minimum atomic E-state index is -0.298. The maximum absolute atomic E-state index is 11.0. The summed E-state index contributed by atoms with van der Waals surface area (Å²) in [4.78, 5) is 11.0. The van der Waals surface area contributed by atoms with Crippen molar-refractivity contribution >= 4 is 5.97 Å². The van der Waals surface area contributed by atoms with Gasteiger partial charge in [-0.1, -0.05) is 35.9 Å². The van der Waals surface area contributed by atoms with E-state index in [0.717, 1.165) is 5.56 Å². The van der Waals surface area contributed by atoms with Crippen LogP contribution in [0.4, 0.5) is 0 Å². The van der Waals surface area contributed by atoms with Crippen molar-refractivity contribution in [3.8, 4) is 0 Å². The van der Waals surface area contributed by atoms with Crippen molar-refractivity contribution in [1.29, 1.82) is 0 Å². The van der Waals surface area contributed by atoms with Crippen LogP contribution < -0.4 is 0 Å². The summed E-state index contributed by atoms with van der Waals surface area (Å²) in [6, 6.07) is 7.91. The first-order valence-electron chi connectivity index (χ1n) is 4.57.